The Balaban J connectivity index is 1.75. The van der Waals surface area contributed by atoms with Crippen LogP contribution >= 0.6 is 11.6 Å². The Labute approximate surface area is 149 Å². The predicted octanol–water partition coefficient (Wildman–Crippen LogP) is 2.33. The first kappa shape index (κ1) is 17.4. The Hall–Kier alpha value is -2.44. The second kappa shape index (κ2) is 7.21. The van der Waals surface area contributed by atoms with Gasteiger partial charge in [0.25, 0.3) is 0 Å². The van der Waals surface area contributed by atoms with Crippen molar-refractivity contribution in [2.75, 3.05) is 11.9 Å². The summed E-state index contributed by atoms with van der Waals surface area (Å²) < 4.78 is 13.7. The third-order valence-electron chi connectivity index (χ3n) is 4.22. The number of hydrogen-bond acceptors (Lipinski definition) is 3. The van der Waals surface area contributed by atoms with Gasteiger partial charge in [-0.3, -0.25) is 14.5 Å². The Morgan fingerprint density at radius 2 is 1.96 bits per heavy atom. The average molecular weight is 362 g/mol. The first-order valence-electron chi connectivity index (χ1n) is 7.79. The van der Waals surface area contributed by atoms with Gasteiger partial charge in [0.05, 0.1) is 18.3 Å². The fraction of sp³-hybridized carbons (Fsp3) is 0.222. The highest BCUT2D eigenvalue weighted by atomic mass is 35.5. The van der Waals surface area contributed by atoms with Crippen LogP contribution in [0.5, 0.6) is 0 Å². The maximum Gasteiger partial charge on any atom is 0.238 e. The summed E-state index contributed by atoms with van der Waals surface area (Å²) in [5, 5.41) is 2.81. The number of carbonyl (C=O) groups excluding carboxylic acids is 2. The molecule has 130 valence electrons. The smallest absolute Gasteiger partial charge is 0.238 e. The van der Waals surface area contributed by atoms with E-state index in [1.165, 1.54) is 18.2 Å². The Bertz CT molecular complexity index is 828. The van der Waals surface area contributed by atoms with Gasteiger partial charge < -0.3 is 11.1 Å². The van der Waals surface area contributed by atoms with Gasteiger partial charge in [-0.05, 0) is 35.7 Å². The second-order valence-electron chi connectivity index (χ2n) is 5.97. The molecule has 3 rings (SSSR count). The number of fused-ring (bicyclic) bond motifs is 1. The van der Waals surface area contributed by atoms with E-state index in [-0.39, 0.29) is 12.2 Å². The van der Waals surface area contributed by atoms with Crippen molar-refractivity contribution in [1.29, 1.82) is 0 Å². The standard InChI is InChI=1S/C18H17ClFN3O2/c19-13-5-6-14(20)15(8-13)22-17(24)10-23-9-12-4-2-1-3-11(12)7-16(23)18(21)25/h1-6,8,16H,7,9-10H2,(H2,21,25)(H,22,24)/t16-/m0/s1. The molecular formula is C18H17ClFN3O2. The highest BCUT2D eigenvalue weighted by Gasteiger charge is 2.31. The van der Waals surface area contributed by atoms with E-state index in [9.17, 15) is 14.0 Å². The van der Waals surface area contributed by atoms with Crippen LogP contribution in [0.3, 0.4) is 0 Å². The number of nitrogens with one attached hydrogen (secondary N) is 1. The number of primary amides is 1. The summed E-state index contributed by atoms with van der Waals surface area (Å²) in [6, 6.07) is 11.1. The molecule has 0 aromatic heterocycles. The SMILES string of the molecule is NC(=O)[C@@H]1Cc2ccccc2CN1CC(=O)Nc1cc(Cl)ccc1F. The highest BCUT2D eigenvalue weighted by molar-refractivity contribution is 6.30. The molecule has 7 heteroatoms. The molecule has 3 N–H and O–H groups in total. The predicted molar refractivity (Wildman–Crippen MR) is 93.6 cm³/mol. The van der Waals surface area contributed by atoms with Gasteiger partial charge in [0.2, 0.25) is 11.8 Å². The summed E-state index contributed by atoms with van der Waals surface area (Å²) in [6.07, 6.45) is 0.449. The molecule has 0 unspecified atom stereocenters. The fourth-order valence-electron chi connectivity index (χ4n) is 2.99. The average Bonchev–Trinajstić information content (AvgIpc) is 2.57. The summed E-state index contributed by atoms with van der Waals surface area (Å²) in [7, 11) is 0. The summed E-state index contributed by atoms with van der Waals surface area (Å²) >= 11 is 5.82. The maximum absolute atomic E-state index is 13.7. The van der Waals surface area contributed by atoms with E-state index in [4.69, 9.17) is 17.3 Å². The number of rotatable bonds is 4. The lowest BCUT2D eigenvalue weighted by atomic mass is 9.93. The minimum absolute atomic E-state index is 0.00512. The van der Waals surface area contributed by atoms with E-state index >= 15 is 0 Å². The first-order chi connectivity index (χ1) is 11.9. The molecule has 0 saturated heterocycles. The van der Waals surface area contributed by atoms with Crippen LogP contribution in [0.2, 0.25) is 5.02 Å². The lowest BCUT2D eigenvalue weighted by molar-refractivity contribution is -0.125. The van der Waals surface area contributed by atoms with E-state index in [0.717, 1.165) is 11.1 Å². The van der Waals surface area contributed by atoms with Crippen LogP contribution in [-0.2, 0) is 22.6 Å². The summed E-state index contributed by atoms with van der Waals surface area (Å²) in [4.78, 5) is 25.8. The van der Waals surface area contributed by atoms with Crippen molar-refractivity contribution < 1.29 is 14.0 Å². The van der Waals surface area contributed by atoms with Crippen LogP contribution in [0.15, 0.2) is 42.5 Å². The van der Waals surface area contributed by atoms with Gasteiger partial charge >= 0.3 is 0 Å². The van der Waals surface area contributed by atoms with E-state index in [1.54, 1.807) is 4.90 Å². The minimum Gasteiger partial charge on any atom is -0.368 e. The number of amides is 2. The topological polar surface area (TPSA) is 75.4 Å². The van der Waals surface area contributed by atoms with Crippen molar-refractivity contribution in [2.24, 2.45) is 5.73 Å². The molecule has 5 nitrogen and oxygen atoms in total. The van der Waals surface area contributed by atoms with Crippen molar-refractivity contribution in [3.05, 3.63) is 64.4 Å². The number of halogens is 2. The third-order valence-corrected chi connectivity index (χ3v) is 4.46. The minimum atomic E-state index is -0.579. The molecule has 0 bridgehead atoms. The van der Waals surface area contributed by atoms with Crippen LogP contribution in [0.4, 0.5) is 10.1 Å². The largest absolute Gasteiger partial charge is 0.368 e. The van der Waals surface area contributed by atoms with Crippen LogP contribution in [-0.4, -0.2) is 29.3 Å². The molecule has 1 atom stereocenters. The molecule has 1 heterocycles. The number of nitrogens with zero attached hydrogens (tertiary/aromatic N) is 1. The molecule has 2 aromatic rings. The van der Waals surface area contributed by atoms with Crippen molar-refractivity contribution >= 4 is 29.1 Å². The van der Waals surface area contributed by atoms with Crippen LogP contribution in [0.1, 0.15) is 11.1 Å². The number of anilines is 1. The van der Waals surface area contributed by atoms with Crippen molar-refractivity contribution in [2.45, 2.75) is 19.0 Å². The summed E-state index contributed by atoms with van der Waals surface area (Å²) in [5.74, 6) is -1.50. The van der Waals surface area contributed by atoms with E-state index in [2.05, 4.69) is 5.32 Å². The van der Waals surface area contributed by atoms with Gasteiger partial charge in [0.15, 0.2) is 0 Å². The quantitative estimate of drug-likeness (QED) is 0.877. The van der Waals surface area contributed by atoms with Gasteiger partial charge in [-0.1, -0.05) is 35.9 Å². The number of hydrogen-bond donors (Lipinski definition) is 2. The van der Waals surface area contributed by atoms with Gasteiger partial charge in [-0.25, -0.2) is 4.39 Å². The number of nitrogens with two attached hydrogens (primary N) is 1. The number of benzene rings is 2. The van der Waals surface area contributed by atoms with Crippen molar-refractivity contribution in [3.63, 3.8) is 0 Å². The maximum atomic E-state index is 13.7. The van der Waals surface area contributed by atoms with Crippen molar-refractivity contribution in [1.82, 2.24) is 4.90 Å². The zero-order valence-corrected chi connectivity index (χ0v) is 14.1. The lowest BCUT2D eigenvalue weighted by Gasteiger charge is -2.34. The molecule has 2 amide bonds. The van der Waals surface area contributed by atoms with Gasteiger partial charge in [0, 0.05) is 11.6 Å². The zero-order chi connectivity index (χ0) is 18.0. The monoisotopic (exact) mass is 361 g/mol. The molecule has 0 saturated carbocycles. The molecule has 0 fully saturated rings. The molecule has 0 radical (unpaired) electrons. The summed E-state index contributed by atoms with van der Waals surface area (Å²) in [6.45, 7) is 0.350. The molecule has 2 aromatic carbocycles. The first-order valence-corrected chi connectivity index (χ1v) is 8.17. The zero-order valence-electron chi connectivity index (χ0n) is 13.3. The summed E-state index contributed by atoms with van der Waals surface area (Å²) in [5.41, 5.74) is 7.59. The lowest BCUT2D eigenvalue weighted by Crippen LogP contribution is -2.50. The Morgan fingerprint density at radius 1 is 1.24 bits per heavy atom. The fourth-order valence-corrected chi connectivity index (χ4v) is 3.16. The second-order valence-corrected chi connectivity index (χ2v) is 6.40. The van der Waals surface area contributed by atoms with Crippen molar-refractivity contribution in [3.8, 4) is 0 Å². The van der Waals surface area contributed by atoms with Crippen LogP contribution in [0, 0.1) is 5.82 Å². The Kier molecular flexibility index (Phi) is 5.01. The van der Waals surface area contributed by atoms with Crippen LogP contribution < -0.4 is 11.1 Å². The van der Waals surface area contributed by atoms with E-state index < -0.39 is 23.7 Å². The van der Waals surface area contributed by atoms with E-state index in [0.29, 0.717) is 18.0 Å². The van der Waals surface area contributed by atoms with Crippen LogP contribution in [0.25, 0.3) is 0 Å². The molecular weight excluding hydrogens is 345 g/mol. The van der Waals surface area contributed by atoms with Gasteiger partial charge in [-0.2, -0.15) is 0 Å². The Morgan fingerprint density at radius 3 is 2.68 bits per heavy atom. The normalized spacial score (nSPS) is 17.0. The highest BCUT2D eigenvalue weighted by Crippen LogP contribution is 2.24. The number of carbonyl (C=O) groups is 2. The molecule has 25 heavy (non-hydrogen) atoms. The molecule has 1 aliphatic rings. The molecule has 0 spiro atoms. The molecule has 1 aliphatic heterocycles. The van der Waals surface area contributed by atoms with Gasteiger partial charge in [-0.15, -0.1) is 0 Å². The molecule has 0 aliphatic carbocycles. The van der Waals surface area contributed by atoms with Gasteiger partial charge in [0.1, 0.15) is 5.82 Å². The van der Waals surface area contributed by atoms with E-state index in [1.807, 2.05) is 24.3 Å². The third kappa shape index (κ3) is 3.97.